The molecule has 0 saturated carbocycles. The molecule has 2 N–H and O–H groups in total. The van der Waals surface area contributed by atoms with Crippen LogP contribution in [0.3, 0.4) is 0 Å². The minimum absolute atomic E-state index is 0.152. The van der Waals surface area contributed by atoms with E-state index < -0.39 is 0 Å². The number of hydrogen-bond acceptors (Lipinski definition) is 4. The van der Waals surface area contributed by atoms with E-state index in [0.717, 1.165) is 23.3 Å². The van der Waals surface area contributed by atoms with E-state index in [9.17, 15) is 9.59 Å². The van der Waals surface area contributed by atoms with E-state index in [1.807, 2.05) is 13.8 Å². The average molecular weight is 317 g/mol. The molecular formula is C17H23N3O3. The van der Waals surface area contributed by atoms with E-state index in [2.05, 4.69) is 28.8 Å². The van der Waals surface area contributed by atoms with Crippen molar-refractivity contribution >= 4 is 17.5 Å². The molecule has 2 amide bonds. The smallest absolute Gasteiger partial charge is 0.267 e. The Hall–Kier alpha value is -2.37. The summed E-state index contributed by atoms with van der Waals surface area (Å²) >= 11 is 0. The zero-order valence-electron chi connectivity index (χ0n) is 14.1. The maximum atomic E-state index is 12.0. The minimum atomic E-state index is -0.218. The predicted octanol–water partition coefficient (Wildman–Crippen LogP) is 1.55. The van der Waals surface area contributed by atoms with Gasteiger partial charge in [-0.1, -0.05) is 6.07 Å². The van der Waals surface area contributed by atoms with Crippen LogP contribution in [-0.2, 0) is 16.0 Å². The molecule has 0 saturated heterocycles. The first-order chi connectivity index (χ1) is 10.9. The largest absolute Gasteiger partial charge is 0.496 e. The van der Waals surface area contributed by atoms with Gasteiger partial charge in [0.05, 0.1) is 7.11 Å². The Kier molecular flexibility index (Phi) is 5.36. The van der Waals surface area contributed by atoms with Crippen LogP contribution in [0.2, 0.25) is 0 Å². The van der Waals surface area contributed by atoms with Crippen molar-refractivity contribution in [3.63, 3.8) is 0 Å². The van der Waals surface area contributed by atoms with Crippen molar-refractivity contribution in [2.45, 2.75) is 40.0 Å². The Morgan fingerprint density at radius 3 is 2.65 bits per heavy atom. The first-order valence-electron chi connectivity index (χ1n) is 7.71. The molecule has 0 unspecified atom stereocenters. The van der Waals surface area contributed by atoms with E-state index in [4.69, 9.17) is 4.74 Å². The maximum absolute atomic E-state index is 12.0. The second-order valence-corrected chi connectivity index (χ2v) is 5.74. The quantitative estimate of drug-likeness (QED) is 0.864. The van der Waals surface area contributed by atoms with Crippen molar-refractivity contribution in [2.24, 2.45) is 5.10 Å². The molecular weight excluding hydrogens is 294 g/mol. The summed E-state index contributed by atoms with van der Waals surface area (Å²) in [5.74, 6) is 0.550. The van der Waals surface area contributed by atoms with Gasteiger partial charge in [0, 0.05) is 19.4 Å². The van der Waals surface area contributed by atoms with Gasteiger partial charge in [-0.15, -0.1) is 0 Å². The van der Waals surface area contributed by atoms with Gasteiger partial charge in [-0.2, -0.15) is 5.10 Å². The fourth-order valence-corrected chi connectivity index (χ4v) is 2.77. The van der Waals surface area contributed by atoms with Crippen molar-refractivity contribution in [1.82, 2.24) is 10.7 Å². The maximum Gasteiger partial charge on any atom is 0.267 e. The molecule has 0 aromatic heterocycles. The average Bonchev–Trinajstić information content (AvgIpc) is 2.53. The van der Waals surface area contributed by atoms with Gasteiger partial charge in [0.2, 0.25) is 5.91 Å². The van der Waals surface area contributed by atoms with Crippen LogP contribution in [0.1, 0.15) is 35.1 Å². The van der Waals surface area contributed by atoms with Crippen LogP contribution in [0.25, 0.3) is 0 Å². The van der Waals surface area contributed by atoms with Gasteiger partial charge in [-0.25, -0.2) is 5.43 Å². The van der Waals surface area contributed by atoms with Crippen molar-refractivity contribution in [3.05, 3.63) is 28.3 Å². The molecule has 23 heavy (non-hydrogen) atoms. The Bertz CT molecular complexity index is 666. The highest BCUT2D eigenvalue weighted by Gasteiger charge is 2.18. The van der Waals surface area contributed by atoms with Gasteiger partial charge in [-0.3, -0.25) is 9.59 Å². The highest BCUT2D eigenvalue weighted by molar-refractivity contribution is 6.39. The monoisotopic (exact) mass is 317 g/mol. The van der Waals surface area contributed by atoms with Crippen LogP contribution in [0.5, 0.6) is 5.75 Å². The summed E-state index contributed by atoms with van der Waals surface area (Å²) in [6.45, 7) is 6.66. The summed E-state index contributed by atoms with van der Waals surface area (Å²) in [6.07, 6.45) is 1.43. The normalized spacial score (nSPS) is 14.1. The molecule has 124 valence electrons. The van der Waals surface area contributed by atoms with Gasteiger partial charge in [0.25, 0.3) is 5.91 Å². The number of ether oxygens (including phenoxy) is 1. The number of methoxy groups -OCH3 is 1. The zero-order valence-corrected chi connectivity index (χ0v) is 14.1. The summed E-state index contributed by atoms with van der Waals surface area (Å²) in [5.41, 5.74) is 7.32. The highest BCUT2D eigenvalue weighted by atomic mass is 16.5. The minimum Gasteiger partial charge on any atom is -0.496 e. The summed E-state index contributed by atoms with van der Waals surface area (Å²) in [7, 11) is 1.68. The molecule has 0 spiro atoms. The number of carbonyl (C=O) groups is 2. The lowest BCUT2D eigenvalue weighted by atomic mass is 9.96. The van der Waals surface area contributed by atoms with Crippen LogP contribution >= 0.6 is 0 Å². The standard InChI is InChI=1S/C17H23N3O3/c1-10-9-13(11(2)12(3)16(10)23-4)7-8-18-17(22)14-5-6-15(21)20-19-14/h9H,5-8H2,1-4H3,(H,18,22)(H,20,21). The molecule has 6 nitrogen and oxygen atoms in total. The molecule has 0 aliphatic carbocycles. The third-order valence-corrected chi connectivity index (χ3v) is 4.18. The molecule has 1 aromatic carbocycles. The van der Waals surface area contributed by atoms with Gasteiger partial charge in [-0.05, 0) is 49.4 Å². The fourth-order valence-electron chi connectivity index (χ4n) is 2.77. The lowest BCUT2D eigenvalue weighted by Gasteiger charge is -2.16. The Labute approximate surface area is 136 Å². The highest BCUT2D eigenvalue weighted by Crippen LogP contribution is 2.28. The van der Waals surface area contributed by atoms with Crippen LogP contribution in [0, 0.1) is 20.8 Å². The van der Waals surface area contributed by atoms with E-state index in [1.54, 1.807) is 7.11 Å². The molecule has 1 aliphatic rings. The van der Waals surface area contributed by atoms with Crippen molar-refractivity contribution in [3.8, 4) is 5.75 Å². The van der Waals surface area contributed by atoms with Crippen LogP contribution in [0.4, 0.5) is 0 Å². The lowest BCUT2D eigenvalue weighted by Crippen LogP contribution is -2.37. The first-order valence-corrected chi connectivity index (χ1v) is 7.71. The van der Waals surface area contributed by atoms with Crippen LogP contribution in [-0.4, -0.2) is 31.2 Å². The van der Waals surface area contributed by atoms with Crippen LogP contribution < -0.4 is 15.5 Å². The third-order valence-electron chi connectivity index (χ3n) is 4.18. The first kappa shape index (κ1) is 17.0. The number of nitrogens with zero attached hydrogens (tertiary/aromatic N) is 1. The Morgan fingerprint density at radius 1 is 1.30 bits per heavy atom. The van der Waals surface area contributed by atoms with E-state index >= 15 is 0 Å². The second kappa shape index (κ2) is 7.26. The number of carbonyl (C=O) groups excluding carboxylic acids is 2. The van der Waals surface area contributed by atoms with E-state index in [0.29, 0.717) is 25.1 Å². The number of nitrogens with one attached hydrogen (secondary N) is 2. The molecule has 0 atom stereocenters. The van der Waals surface area contributed by atoms with Crippen LogP contribution in [0.15, 0.2) is 11.2 Å². The molecule has 0 radical (unpaired) electrons. The zero-order chi connectivity index (χ0) is 17.0. The SMILES string of the molecule is COc1c(C)cc(CCNC(=O)C2=NNC(=O)CC2)c(C)c1C. The number of aryl methyl sites for hydroxylation is 1. The molecule has 1 aromatic rings. The number of amides is 2. The summed E-state index contributed by atoms with van der Waals surface area (Å²) in [5, 5.41) is 6.65. The van der Waals surface area contributed by atoms with E-state index in [-0.39, 0.29) is 11.8 Å². The summed E-state index contributed by atoms with van der Waals surface area (Å²) < 4.78 is 5.42. The fraction of sp³-hybridized carbons (Fsp3) is 0.471. The molecule has 6 heteroatoms. The number of rotatable bonds is 5. The molecule has 1 heterocycles. The number of benzene rings is 1. The van der Waals surface area contributed by atoms with Gasteiger partial charge >= 0.3 is 0 Å². The van der Waals surface area contributed by atoms with Gasteiger partial charge in [0.1, 0.15) is 11.5 Å². The van der Waals surface area contributed by atoms with E-state index in [1.165, 1.54) is 11.1 Å². The molecule has 0 fully saturated rings. The summed E-state index contributed by atoms with van der Waals surface area (Å²) in [4.78, 5) is 23.0. The van der Waals surface area contributed by atoms with Gasteiger partial charge in [0.15, 0.2) is 0 Å². The molecule has 0 bridgehead atoms. The molecule has 1 aliphatic heterocycles. The molecule has 2 rings (SSSR count). The lowest BCUT2D eigenvalue weighted by molar-refractivity contribution is -0.121. The Morgan fingerprint density at radius 2 is 2.04 bits per heavy atom. The summed E-state index contributed by atoms with van der Waals surface area (Å²) in [6, 6.07) is 2.10. The second-order valence-electron chi connectivity index (χ2n) is 5.74. The van der Waals surface area contributed by atoms with Crippen molar-refractivity contribution < 1.29 is 14.3 Å². The number of hydrogen-bond donors (Lipinski definition) is 2. The van der Waals surface area contributed by atoms with Crippen molar-refractivity contribution in [1.29, 1.82) is 0 Å². The number of hydrazone groups is 1. The Balaban J connectivity index is 1.97. The third kappa shape index (κ3) is 3.88. The van der Waals surface area contributed by atoms with Gasteiger partial charge < -0.3 is 10.1 Å². The topological polar surface area (TPSA) is 79.8 Å². The van der Waals surface area contributed by atoms with Crippen molar-refractivity contribution in [2.75, 3.05) is 13.7 Å². The predicted molar refractivity (Wildman–Crippen MR) is 88.7 cm³/mol.